The molecule has 0 bridgehead atoms. The predicted molar refractivity (Wildman–Crippen MR) is 56.0 cm³/mol. The average Bonchev–Trinajstić information content (AvgIpc) is 2.03. The van der Waals surface area contributed by atoms with Crippen molar-refractivity contribution in [2.24, 2.45) is 0 Å². The van der Waals surface area contributed by atoms with Crippen LogP contribution in [0.4, 0.5) is 0 Å². The molecule has 0 amide bonds. The summed E-state index contributed by atoms with van der Waals surface area (Å²) in [6, 6.07) is 0. The maximum Gasteiger partial charge on any atom is 0.0441 e. The highest BCUT2D eigenvalue weighted by atomic mass is 35.5. The minimum atomic E-state index is -0.742. The van der Waals surface area contributed by atoms with Gasteiger partial charge in [-0.3, -0.25) is 4.21 Å². The van der Waals surface area contributed by atoms with E-state index in [2.05, 4.69) is 5.32 Å². The molecule has 0 aromatic rings. The second-order valence-corrected chi connectivity index (χ2v) is 4.92. The van der Waals surface area contributed by atoms with E-state index in [0.29, 0.717) is 0 Å². The zero-order chi connectivity index (χ0) is 9.56. The SMILES string of the molecule is CC(=CCl)CNCC(C)S(C)=O. The molecule has 0 spiro atoms. The Hall–Kier alpha value is 0.140. The molecule has 1 N–H and O–H groups in total. The smallest absolute Gasteiger partial charge is 0.0441 e. The lowest BCUT2D eigenvalue weighted by Crippen LogP contribution is -2.28. The molecule has 0 aromatic heterocycles. The third-order valence-corrected chi connectivity index (χ3v) is 3.26. The number of halogens is 1. The van der Waals surface area contributed by atoms with Crippen molar-refractivity contribution in [2.45, 2.75) is 19.1 Å². The first-order valence-corrected chi connectivity index (χ1v) is 5.92. The average molecular weight is 210 g/mol. The third kappa shape index (κ3) is 5.75. The van der Waals surface area contributed by atoms with Crippen molar-refractivity contribution < 1.29 is 4.21 Å². The first-order valence-electron chi connectivity index (χ1n) is 3.86. The molecule has 0 saturated carbocycles. The molecule has 0 rings (SSSR count). The molecule has 2 atom stereocenters. The van der Waals surface area contributed by atoms with Gasteiger partial charge in [-0.25, -0.2) is 0 Å². The Morgan fingerprint density at radius 3 is 2.75 bits per heavy atom. The summed E-state index contributed by atoms with van der Waals surface area (Å²) in [5, 5.41) is 3.37. The molecule has 0 aliphatic rings. The van der Waals surface area contributed by atoms with E-state index in [9.17, 15) is 4.21 Å². The van der Waals surface area contributed by atoms with E-state index in [4.69, 9.17) is 11.6 Å². The Labute approximate surface area is 81.8 Å². The lowest BCUT2D eigenvalue weighted by Gasteiger charge is -2.09. The molecule has 2 nitrogen and oxygen atoms in total. The van der Waals surface area contributed by atoms with Gasteiger partial charge in [-0.05, 0) is 19.4 Å². The molecule has 0 fully saturated rings. The molecule has 12 heavy (non-hydrogen) atoms. The van der Waals surface area contributed by atoms with Gasteiger partial charge < -0.3 is 5.32 Å². The molecular weight excluding hydrogens is 194 g/mol. The third-order valence-electron chi connectivity index (χ3n) is 1.59. The monoisotopic (exact) mass is 209 g/mol. The van der Waals surface area contributed by atoms with Gasteiger partial charge in [0.05, 0.1) is 0 Å². The maximum absolute atomic E-state index is 10.9. The van der Waals surface area contributed by atoms with E-state index >= 15 is 0 Å². The van der Waals surface area contributed by atoms with Crippen molar-refractivity contribution in [1.29, 1.82) is 0 Å². The summed E-state index contributed by atoms with van der Waals surface area (Å²) in [4.78, 5) is 0. The van der Waals surface area contributed by atoms with Gasteiger partial charge >= 0.3 is 0 Å². The second-order valence-electron chi connectivity index (χ2n) is 2.90. The predicted octanol–water partition coefficient (Wildman–Crippen LogP) is 1.49. The Kier molecular flexibility index (Phi) is 6.71. The molecule has 0 aliphatic heterocycles. The summed E-state index contributed by atoms with van der Waals surface area (Å²) in [6.07, 6.45) is 1.72. The Bertz CT molecular complexity index is 182. The summed E-state index contributed by atoms with van der Waals surface area (Å²) in [5.74, 6) is 0. The van der Waals surface area contributed by atoms with E-state index in [0.717, 1.165) is 18.7 Å². The van der Waals surface area contributed by atoms with E-state index < -0.39 is 10.8 Å². The van der Waals surface area contributed by atoms with E-state index in [-0.39, 0.29) is 5.25 Å². The van der Waals surface area contributed by atoms with Crippen molar-refractivity contribution in [3.63, 3.8) is 0 Å². The van der Waals surface area contributed by atoms with Crippen LogP contribution >= 0.6 is 11.6 Å². The number of hydrogen-bond acceptors (Lipinski definition) is 2. The second kappa shape index (κ2) is 6.63. The first kappa shape index (κ1) is 12.1. The molecule has 0 radical (unpaired) electrons. The minimum absolute atomic E-state index is 0.202. The number of rotatable bonds is 5. The zero-order valence-corrected chi connectivity index (χ0v) is 9.34. The first-order chi connectivity index (χ1) is 5.57. The van der Waals surface area contributed by atoms with Crippen LogP contribution in [0.25, 0.3) is 0 Å². The summed E-state index contributed by atoms with van der Waals surface area (Å²) in [5.41, 5.74) is 2.64. The van der Waals surface area contributed by atoms with Crippen molar-refractivity contribution in [2.75, 3.05) is 19.3 Å². The molecule has 0 saturated heterocycles. The topological polar surface area (TPSA) is 29.1 Å². The highest BCUT2D eigenvalue weighted by Gasteiger charge is 2.04. The maximum atomic E-state index is 10.9. The van der Waals surface area contributed by atoms with Gasteiger partial charge in [-0.1, -0.05) is 11.6 Å². The van der Waals surface area contributed by atoms with Gasteiger partial charge in [0.2, 0.25) is 0 Å². The highest BCUT2D eigenvalue weighted by molar-refractivity contribution is 7.84. The van der Waals surface area contributed by atoms with Crippen LogP contribution in [0.1, 0.15) is 13.8 Å². The number of nitrogens with one attached hydrogen (secondary N) is 1. The van der Waals surface area contributed by atoms with Gasteiger partial charge in [-0.2, -0.15) is 0 Å². The Balaban J connectivity index is 3.50. The standard InChI is InChI=1S/C8H16ClNOS/c1-7(4-9)5-10-6-8(2)12(3)11/h4,8,10H,5-6H2,1-3H3. The Morgan fingerprint density at radius 2 is 2.33 bits per heavy atom. The lowest BCUT2D eigenvalue weighted by molar-refractivity contribution is 0.660. The summed E-state index contributed by atoms with van der Waals surface area (Å²) < 4.78 is 10.9. The van der Waals surface area contributed by atoms with E-state index in [1.807, 2.05) is 13.8 Å². The zero-order valence-electron chi connectivity index (χ0n) is 7.76. The molecule has 4 heteroatoms. The van der Waals surface area contributed by atoms with Gasteiger partial charge in [0, 0.05) is 40.9 Å². The number of hydrogen-bond donors (Lipinski definition) is 1. The summed E-state index contributed by atoms with van der Waals surface area (Å²) >= 11 is 5.47. The molecule has 72 valence electrons. The fourth-order valence-corrected chi connectivity index (χ4v) is 1.06. The molecule has 0 aliphatic carbocycles. The van der Waals surface area contributed by atoms with Crippen molar-refractivity contribution in [1.82, 2.24) is 5.32 Å². The molecular formula is C8H16ClNOS. The van der Waals surface area contributed by atoms with Crippen molar-refractivity contribution in [3.8, 4) is 0 Å². The van der Waals surface area contributed by atoms with Crippen LogP contribution in [0.2, 0.25) is 0 Å². The fourth-order valence-electron chi connectivity index (χ4n) is 0.629. The van der Waals surface area contributed by atoms with Crippen LogP contribution in [-0.4, -0.2) is 28.8 Å². The summed E-state index contributed by atoms with van der Waals surface area (Å²) in [7, 11) is -0.742. The largest absolute Gasteiger partial charge is 0.312 e. The van der Waals surface area contributed by atoms with Crippen LogP contribution < -0.4 is 5.32 Å². The lowest BCUT2D eigenvalue weighted by atomic mass is 10.3. The highest BCUT2D eigenvalue weighted by Crippen LogP contribution is 1.94. The van der Waals surface area contributed by atoms with Gasteiger partial charge in [-0.15, -0.1) is 0 Å². The van der Waals surface area contributed by atoms with Crippen LogP contribution in [-0.2, 0) is 10.8 Å². The van der Waals surface area contributed by atoms with Crippen LogP contribution in [0, 0.1) is 0 Å². The quantitative estimate of drug-likeness (QED) is 0.744. The van der Waals surface area contributed by atoms with Crippen LogP contribution in [0.3, 0.4) is 0 Å². The minimum Gasteiger partial charge on any atom is -0.312 e. The van der Waals surface area contributed by atoms with Crippen LogP contribution in [0.15, 0.2) is 11.1 Å². The Morgan fingerprint density at radius 1 is 1.75 bits per heavy atom. The van der Waals surface area contributed by atoms with Gasteiger partial charge in [0.25, 0.3) is 0 Å². The van der Waals surface area contributed by atoms with Crippen molar-refractivity contribution >= 4 is 22.4 Å². The molecule has 2 unspecified atom stereocenters. The van der Waals surface area contributed by atoms with Crippen LogP contribution in [0.5, 0.6) is 0 Å². The van der Waals surface area contributed by atoms with Crippen molar-refractivity contribution in [3.05, 3.63) is 11.1 Å². The normalized spacial score (nSPS) is 17.5. The van der Waals surface area contributed by atoms with Gasteiger partial charge in [0.1, 0.15) is 0 Å². The van der Waals surface area contributed by atoms with E-state index in [1.54, 1.807) is 11.8 Å². The molecule has 0 aromatic carbocycles. The summed E-state index contributed by atoms with van der Waals surface area (Å²) in [6.45, 7) is 5.45. The fraction of sp³-hybridized carbons (Fsp3) is 0.750. The van der Waals surface area contributed by atoms with E-state index in [1.165, 1.54) is 0 Å². The van der Waals surface area contributed by atoms with Gasteiger partial charge in [0.15, 0.2) is 0 Å². The molecule has 0 heterocycles.